The van der Waals surface area contributed by atoms with E-state index in [1.807, 2.05) is 6.07 Å². The summed E-state index contributed by atoms with van der Waals surface area (Å²) in [5.74, 6) is 0. The number of hydrogen-bond acceptors (Lipinski definition) is 4. The van der Waals surface area contributed by atoms with Gasteiger partial charge in [-0.1, -0.05) is 6.07 Å². The van der Waals surface area contributed by atoms with Gasteiger partial charge in [0.1, 0.15) is 0 Å². The van der Waals surface area contributed by atoms with E-state index in [1.165, 1.54) is 4.88 Å². The Morgan fingerprint density at radius 3 is 2.71 bits per heavy atom. The lowest BCUT2D eigenvalue weighted by molar-refractivity contribution is -0.139. The third kappa shape index (κ3) is 4.19. The van der Waals surface area contributed by atoms with Crippen LogP contribution in [0.1, 0.15) is 4.88 Å². The van der Waals surface area contributed by atoms with Crippen LogP contribution in [0.15, 0.2) is 17.5 Å². The molecule has 14 heavy (non-hydrogen) atoms. The third-order valence-corrected chi connectivity index (χ3v) is 2.79. The van der Waals surface area contributed by atoms with Gasteiger partial charge in [0, 0.05) is 25.5 Å². The van der Waals surface area contributed by atoms with E-state index in [1.54, 1.807) is 25.6 Å². The lowest BCUT2D eigenvalue weighted by atomic mass is 10.4. The molecule has 4 heteroatoms. The van der Waals surface area contributed by atoms with E-state index in [-0.39, 0.29) is 6.29 Å². The van der Waals surface area contributed by atoms with E-state index in [0.717, 1.165) is 6.42 Å². The first-order chi connectivity index (χ1) is 6.86. The number of ether oxygens (including phenoxy) is 3. The number of methoxy groups -OCH3 is 2. The van der Waals surface area contributed by atoms with Crippen molar-refractivity contribution in [3.8, 4) is 0 Å². The van der Waals surface area contributed by atoms with Crippen molar-refractivity contribution in [2.75, 3.05) is 27.4 Å². The average Bonchev–Trinajstić information content (AvgIpc) is 2.71. The van der Waals surface area contributed by atoms with Crippen LogP contribution in [0.3, 0.4) is 0 Å². The van der Waals surface area contributed by atoms with Crippen LogP contribution in [-0.4, -0.2) is 33.7 Å². The predicted molar refractivity (Wildman–Crippen MR) is 56.6 cm³/mol. The molecule has 0 aromatic carbocycles. The largest absolute Gasteiger partial charge is 0.376 e. The maximum atomic E-state index is 5.41. The molecule has 0 spiro atoms. The highest BCUT2D eigenvalue weighted by Crippen LogP contribution is 2.08. The molecule has 0 aliphatic carbocycles. The molecule has 0 saturated carbocycles. The monoisotopic (exact) mass is 216 g/mol. The molecule has 1 heterocycles. The van der Waals surface area contributed by atoms with Gasteiger partial charge in [-0.2, -0.15) is 0 Å². The summed E-state index contributed by atoms with van der Waals surface area (Å²) in [7, 11) is 3.22. The van der Waals surface area contributed by atoms with Crippen LogP contribution in [0.2, 0.25) is 0 Å². The van der Waals surface area contributed by atoms with E-state index in [9.17, 15) is 0 Å². The molecule has 1 aromatic rings. The maximum absolute atomic E-state index is 5.41. The Balaban J connectivity index is 2.04. The molecule has 0 atom stereocenters. The molecule has 0 radical (unpaired) electrons. The third-order valence-electron chi connectivity index (χ3n) is 1.85. The van der Waals surface area contributed by atoms with Gasteiger partial charge in [0.05, 0.1) is 13.2 Å². The molecule has 0 saturated heterocycles. The summed E-state index contributed by atoms with van der Waals surface area (Å²) in [5, 5.41) is 2.07. The van der Waals surface area contributed by atoms with Crippen molar-refractivity contribution in [2.45, 2.75) is 12.7 Å². The molecule has 0 aliphatic heterocycles. The average molecular weight is 216 g/mol. The smallest absolute Gasteiger partial charge is 0.180 e. The first-order valence-electron chi connectivity index (χ1n) is 4.52. The molecular weight excluding hydrogens is 200 g/mol. The maximum Gasteiger partial charge on any atom is 0.180 e. The molecule has 3 nitrogen and oxygen atoms in total. The first kappa shape index (κ1) is 11.7. The SMILES string of the molecule is COC(COCCc1cccs1)OC. The summed E-state index contributed by atoms with van der Waals surface area (Å²) >= 11 is 1.75. The Hall–Kier alpha value is -0.420. The van der Waals surface area contributed by atoms with Crippen molar-refractivity contribution in [1.82, 2.24) is 0 Å². The minimum atomic E-state index is -0.252. The van der Waals surface area contributed by atoms with Crippen LogP contribution in [-0.2, 0) is 20.6 Å². The van der Waals surface area contributed by atoms with Crippen molar-refractivity contribution < 1.29 is 14.2 Å². The van der Waals surface area contributed by atoms with E-state index >= 15 is 0 Å². The minimum Gasteiger partial charge on any atom is -0.376 e. The Kier molecular flexibility index (Phi) is 5.78. The lowest BCUT2D eigenvalue weighted by Gasteiger charge is -2.12. The van der Waals surface area contributed by atoms with Gasteiger partial charge in [-0.05, 0) is 11.4 Å². The molecule has 0 N–H and O–H groups in total. The molecule has 1 rings (SSSR count). The normalized spacial score (nSPS) is 11.1. The molecule has 0 fully saturated rings. The van der Waals surface area contributed by atoms with E-state index in [2.05, 4.69) is 11.4 Å². The highest BCUT2D eigenvalue weighted by Gasteiger charge is 2.04. The molecule has 0 amide bonds. The van der Waals surface area contributed by atoms with Crippen LogP contribution in [0.5, 0.6) is 0 Å². The van der Waals surface area contributed by atoms with Crippen molar-refractivity contribution in [1.29, 1.82) is 0 Å². The van der Waals surface area contributed by atoms with Gasteiger partial charge in [-0.15, -0.1) is 11.3 Å². The van der Waals surface area contributed by atoms with Gasteiger partial charge in [-0.25, -0.2) is 0 Å². The number of rotatable bonds is 7. The Bertz CT molecular complexity index is 219. The first-order valence-corrected chi connectivity index (χ1v) is 5.40. The number of thiophene rings is 1. The lowest BCUT2D eigenvalue weighted by Crippen LogP contribution is -2.20. The Morgan fingerprint density at radius 2 is 2.14 bits per heavy atom. The molecule has 0 unspecified atom stereocenters. The van der Waals surface area contributed by atoms with E-state index in [0.29, 0.717) is 13.2 Å². The summed E-state index contributed by atoms with van der Waals surface area (Å²) < 4.78 is 15.4. The van der Waals surface area contributed by atoms with Gasteiger partial charge in [0.2, 0.25) is 0 Å². The van der Waals surface area contributed by atoms with E-state index in [4.69, 9.17) is 14.2 Å². The van der Waals surface area contributed by atoms with Gasteiger partial charge in [-0.3, -0.25) is 0 Å². The summed E-state index contributed by atoms with van der Waals surface area (Å²) in [6.45, 7) is 1.20. The number of hydrogen-bond donors (Lipinski definition) is 0. The molecular formula is C10H16O3S. The topological polar surface area (TPSA) is 27.7 Å². The highest BCUT2D eigenvalue weighted by atomic mass is 32.1. The van der Waals surface area contributed by atoms with Crippen molar-refractivity contribution in [2.24, 2.45) is 0 Å². The van der Waals surface area contributed by atoms with Gasteiger partial charge < -0.3 is 14.2 Å². The zero-order valence-electron chi connectivity index (χ0n) is 8.56. The second kappa shape index (κ2) is 6.95. The van der Waals surface area contributed by atoms with Crippen molar-refractivity contribution in [3.63, 3.8) is 0 Å². The highest BCUT2D eigenvalue weighted by molar-refractivity contribution is 7.09. The van der Waals surface area contributed by atoms with Crippen molar-refractivity contribution >= 4 is 11.3 Å². The van der Waals surface area contributed by atoms with Crippen LogP contribution >= 0.6 is 11.3 Å². The van der Waals surface area contributed by atoms with Crippen LogP contribution in [0.4, 0.5) is 0 Å². The Labute approximate surface area is 88.6 Å². The van der Waals surface area contributed by atoms with Crippen molar-refractivity contribution in [3.05, 3.63) is 22.4 Å². The van der Waals surface area contributed by atoms with Gasteiger partial charge in [0.25, 0.3) is 0 Å². The zero-order chi connectivity index (χ0) is 10.2. The van der Waals surface area contributed by atoms with Crippen LogP contribution in [0, 0.1) is 0 Å². The zero-order valence-corrected chi connectivity index (χ0v) is 9.38. The van der Waals surface area contributed by atoms with Crippen LogP contribution in [0.25, 0.3) is 0 Å². The molecule has 0 aliphatic rings. The quantitative estimate of drug-likeness (QED) is 0.515. The van der Waals surface area contributed by atoms with E-state index < -0.39 is 0 Å². The van der Waals surface area contributed by atoms with Gasteiger partial charge in [0.15, 0.2) is 6.29 Å². The fourth-order valence-corrected chi connectivity index (χ4v) is 1.73. The summed E-state index contributed by atoms with van der Waals surface area (Å²) in [4.78, 5) is 1.34. The van der Waals surface area contributed by atoms with Crippen LogP contribution < -0.4 is 0 Å². The minimum absolute atomic E-state index is 0.252. The summed E-state index contributed by atoms with van der Waals surface area (Å²) in [6.07, 6.45) is 0.705. The standard InChI is InChI=1S/C10H16O3S/c1-11-10(12-2)8-13-6-5-9-4-3-7-14-9/h3-4,7,10H,5-6,8H2,1-2H3. The molecule has 0 bridgehead atoms. The molecule has 1 aromatic heterocycles. The second-order valence-corrected chi connectivity index (χ2v) is 3.84. The van der Waals surface area contributed by atoms with Gasteiger partial charge >= 0.3 is 0 Å². The molecule has 80 valence electrons. The summed E-state index contributed by atoms with van der Waals surface area (Å²) in [6, 6.07) is 4.16. The fraction of sp³-hybridized carbons (Fsp3) is 0.600. The predicted octanol–water partition coefficient (Wildman–Crippen LogP) is 1.93. The fourth-order valence-electron chi connectivity index (χ4n) is 1.04. The second-order valence-electron chi connectivity index (χ2n) is 2.81. The summed E-state index contributed by atoms with van der Waals surface area (Å²) in [5.41, 5.74) is 0. The Morgan fingerprint density at radius 1 is 1.36 bits per heavy atom.